The molecule has 0 amide bonds. The Morgan fingerprint density at radius 3 is 1.46 bits per heavy atom. The van der Waals surface area contributed by atoms with Gasteiger partial charge in [0, 0.05) is 16.2 Å². The van der Waals surface area contributed by atoms with Gasteiger partial charge in [0.2, 0.25) is 0 Å². The van der Waals surface area contributed by atoms with Crippen molar-refractivity contribution >= 4 is 150 Å². The van der Waals surface area contributed by atoms with Crippen LogP contribution in [0.3, 0.4) is 0 Å². The molecule has 9 heteroatoms. The monoisotopic (exact) mass is 708 g/mol. The fraction of sp³-hybridized carbons (Fsp3) is 0.0638. The molecule has 1 aliphatic rings. The molecule has 1 aromatic heterocycles. The zero-order valence-corrected chi connectivity index (χ0v) is 34.3. The van der Waals surface area contributed by atoms with E-state index < -0.39 is 0 Å². The summed E-state index contributed by atoms with van der Waals surface area (Å²) in [4.78, 5) is 0. The molecule has 258 valence electrons. The van der Waals surface area contributed by atoms with Gasteiger partial charge in [0.05, 0.1) is 0 Å². The van der Waals surface area contributed by atoms with E-state index in [1.807, 2.05) is 12.1 Å². The molecule has 0 spiro atoms. The number of para-hydroxylation sites is 1. The van der Waals surface area contributed by atoms with E-state index in [1.54, 1.807) is 0 Å². The van der Waals surface area contributed by atoms with Crippen LogP contribution in [-0.4, -0.2) is 62.8 Å². The highest BCUT2D eigenvalue weighted by Gasteiger charge is 2.36. The van der Waals surface area contributed by atoms with Crippen molar-refractivity contribution in [2.45, 2.75) is 19.3 Å². The Balaban J connectivity index is 1.28. The van der Waals surface area contributed by atoms with Gasteiger partial charge in [-0.15, -0.1) is 21.9 Å². The lowest BCUT2D eigenvalue weighted by molar-refractivity contribution is 0.660. The minimum atomic E-state index is -0.0839. The molecule has 0 atom stereocenters. The summed E-state index contributed by atoms with van der Waals surface area (Å²) in [6.45, 7) is 4.79. The first-order valence-corrected chi connectivity index (χ1v) is 20.1. The van der Waals surface area contributed by atoms with Gasteiger partial charge in [0.25, 0.3) is 0 Å². The van der Waals surface area contributed by atoms with Crippen LogP contribution in [0.15, 0.2) is 114 Å². The largest absolute Gasteiger partial charge is 0.456 e. The number of hydrogen-bond donors (Lipinski definition) is 0. The molecule has 0 fully saturated rings. The average molecular weight is 707 g/mol. The van der Waals surface area contributed by atoms with Crippen molar-refractivity contribution in [3.8, 4) is 44.5 Å². The molecule has 0 saturated carbocycles. The minimum absolute atomic E-state index is 0.0839. The fourth-order valence-corrected chi connectivity index (χ4v) is 10.3. The van der Waals surface area contributed by atoms with Crippen molar-refractivity contribution in [3.05, 3.63) is 120 Å². The highest BCUT2D eigenvalue weighted by Crippen LogP contribution is 2.50. The molecule has 0 unspecified atom stereocenters. The summed E-state index contributed by atoms with van der Waals surface area (Å²) in [6, 6.07) is 40.6. The molecule has 56 heavy (non-hydrogen) atoms. The van der Waals surface area contributed by atoms with Crippen LogP contribution in [0.25, 0.3) is 88.0 Å². The van der Waals surface area contributed by atoms with Gasteiger partial charge in [-0.2, -0.15) is 0 Å². The van der Waals surface area contributed by atoms with Crippen LogP contribution >= 0.6 is 0 Å². The molecule has 1 nitrogen and oxygen atoms in total. The molecule has 10 rings (SSSR count). The third kappa shape index (κ3) is 4.73. The molecule has 0 bridgehead atoms. The van der Waals surface area contributed by atoms with E-state index in [2.05, 4.69) is 174 Å². The zero-order chi connectivity index (χ0) is 38.9. The van der Waals surface area contributed by atoms with E-state index in [1.165, 1.54) is 121 Å². The number of furan rings is 1. The summed E-state index contributed by atoms with van der Waals surface area (Å²) in [5.41, 5.74) is 26.0. The summed E-state index contributed by atoms with van der Waals surface area (Å²) in [5.74, 6) is 0. The van der Waals surface area contributed by atoms with Gasteiger partial charge in [-0.05, 0) is 101 Å². The fourth-order valence-electron chi connectivity index (χ4n) is 10.3. The lowest BCUT2D eigenvalue weighted by Gasteiger charge is -2.29. The maximum Gasteiger partial charge on any atom is 0.139 e. The van der Waals surface area contributed by atoms with Crippen molar-refractivity contribution in [2.24, 2.45) is 0 Å². The molecule has 1 aliphatic carbocycles. The van der Waals surface area contributed by atoms with Gasteiger partial charge >= 0.3 is 0 Å². The van der Waals surface area contributed by atoms with Crippen LogP contribution in [0.1, 0.15) is 25.0 Å². The predicted molar refractivity (Wildman–Crippen MR) is 268 cm³/mol. The molecular weight excluding hydrogens is 667 g/mol. The van der Waals surface area contributed by atoms with E-state index in [4.69, 9.17) is 4.42 Å². The van der Waals surface area contributed by atoms with Crippen molar-refractivity contribution < 1.29 is 4.42 Å². The van der Waals surface area contributed by atoms with Gasteiger partial charge in [-0.1, -0.05) is 121 Å². The van der Waals surface area contributed by atoms with E-state index in [9.17, 15) is 0 Å². The standard InChI is InChI=1S/C47H40B8O/c1-47(2)29-9-5-3-7-25(29)26-17-15-24(20-30(26)47)34-37-35(39(48)43(52)45(54)41(37)50)33(36-38(34)42(51)46(55)44(53)40(36)49)22-13-11-21(12-14-22)23-16-18-32-28(19-23)27-8-4-6-10-31(27)56-32/h3-20H,48-55H2,1-2H3. The maximum absolute atomic E-state index is 6.17. The van der Waals surface area contributed by atoms with Gasteiger partial charge < -0.3 is 4.42 Å². The molecule has 0 aliphatic heterocycles. The third-order valence-corrected chi connectivity index (χ3v) is 14.1. The maximum atomic E-state index is 6.17. The second-order valence-electron chi connectivity index (χ2n) is 17.1. The second-order valence-corrected chi connectivity index (χ2v) is 17.1. The summed E-state index contributed by atoms with van der Waals surface area (Å²) >= 11 is 0. The third-order valence-electron chi connectivity index (χ3n) is 14.1. The van der Waals surface area contributed by atoms with Crippen LogP contribution in [0.2, 0.25) is 0 Å². The van der Waals surface area contributed by atoms with Crippen molar-refractivity contribution in [2.75, 3.05) is 0 Å². The number of fused-ring (bicyclic) bond motifs is 8. The second kappa shape index (κ2) is 12.3. The Morgan fingerprint density at radius 2 is 0.839 bits per heavy atom. The summed E-state index contributed by atoms with van der Waals surface area (Å²) in [7, 11) is 18.7. The van der Waals surface area contributed by atoms with Crippen molar-refractivity contribution in [1.82, 2.24) is 0 Å². The molecule has 9 aromatic rings. The van der Waals surface area contributed by atoms with Crippen LogP contribution in [0.5, 0.6) is 0 Å². The van der Waals surface area contributed by atoms with E-state index in [0.29, 0.717) is 0 Å². The first kappa shape index (κ1) is 35.0. The Morgan fingerprint density at radius 1 is 0.375 bits per heavy atom. The Kier molecular flexibility index (Phi) is 7.70. The zero-order valence-electron chi connectivity index (χ0n) is 34.3. The van der Waals surface area contributed by atoms with Gasteiger partial charge in [0.1, 0.15) is 73.9 Å². The van der Waals surface area contributed by atoms with E-state index in [-0.39, 0.29) is 5.41 Å². The van der Waals surface area contributed by atoms with Gasteiger partial charge in [-0.25, -0.2) is 0 Å². The first-order valence-electron chi connectivity index (χ1n) is 20.1. The van der Waals surface area contributed by atoms with E-state index in [0.717, 1.165) is 21.9 Å². The van der Waals surface area contributed by atoms with E-state index >= 15 is 0 Å². The molecule has 0 saturated heterocycles. The summed E-state index contributed by atoms with van der Waals surface area (Å²) in [6.07, 6.45) is 0. The highest BCUT2D eigenvalue weighted by molar-refractivity contribution is 6.71. The number of hydrogen-bond acceptors (Lipinski definition) is 1. The highest BCUT2D eigenvalue weighted by atomic mass is 16.3. The van der Waals surface area contributed by atoms with Gasteiger partial charge in [-0.3, -0.25) is 0 Å². The van der Waals surface area contributed by atoms with Crippen molar-refractivity contribution in [1.29, 1.82) is 0 Å². The molecule has 8 aromatic carbocycles. The average Bonchev–Trinajstić information content (AvgIpc) is 3.70. The quantitative estimate of drug-likeness (QED) is 0.175. The Hall–Kier alpha value is -5.40. The molecule has 0 N–H and O–H groups in total. The Bertz CT molecular complexity index is 3110. The summed E-state index contributed by atoms with van der Waals surface area (Å²) in [5, 5.41) is 7.83. The molecule has 1 heterocycles. The molecular formula is C47H40B8O. The number of rotatable bonds is 3. The summed E-state index contributed by atoms with van der Waals surface area (Å²) < 4.78 is 6.17. The van der Waals surface area contributed by atoms with Crippen LogP contribution in [0, 0.1) is 0 Å². The topological polar surface area (TPSA) is 13.1 Å². The normalized spacial score (nSPS) is 13.2. The lowest BCUT2D eigenvalue weighted by Crippen LogP contribution is -2.50. The smallest absolute Gasteiger partial charge is 0.139 e. The SMILES string of the molecule is Bc1c(B)c(B)c2c(-c3ccc4c(c3)C(C)(C)c3ccccc3-4)c3c(B)c(B)c(B)c(B)c3c(-c3ccc(-c4ccc5oc6ccccc6c5c4)cc3)c2c1B. The lowest BCUT2D eigenvalue weighted by atomic mass is 9.59. The molecule has 0 radical (unpaired) electrons. The van der Waals surface area contributed by atoms with Crippen LogP contribution < -0.4 is 43.7 Å². The van der Waals surface area contributed by atoms with Crippen molar-refractivity contribution in [3.63, 3.8) is 0 Å². The van der Waals surface area contributed by atoms with Gasteiger partial charge in [0.15, 0.2) is 0 Å². The van der Waals surface area contributed by atoms with Crippen LogP contribution in [0.4, 0.5) is 0 Å². The predicted octanol–water partition coefficient (Wildman–Crippen LogP) is -0.733. The number of benzene rings is 8. The minimum Gasteiger partial charge on any atom is -0.456 e. The van der Waals surface area contributed by atoms with Crippen LogP contribution in [-0.2, 0) is 5.41 Å². The first-order chi connectivity index (χ1) is 26.9. The Labute approximate surface area is 336 Å².